The first-order chi connectivity index (χ1) is 8.47. The fraction of sp³-hybridized carbons (Fsp3) is 0.0769. The number of nitrogen functional groups attached to an aromatic ring is 1. The number of anilines is 3. The smallest absolute Gasteiger partial charge is 0.124 e. The highest BCUT2D eigenvalue weighted by Gasteiger charge is 2.06. The molecule has 0 saturated carbocycles. The molecule has 2 nitrogen and oxygen atoms in total. The van der Waals surface area contributed by atoms with Crippen molar-refractivity contribution in [2.24, 2.45) is 0 Å². The van der Waals surface area contributed by atoms with Gasteiger partial charge in [-0.25, -0.2) is 4.39 Å². The summed E-state index contributed by atoms with van der Waals surface area (Å²) in [6, 6.07) is 8.16. The first-order valence-electron chi connectivity index (χ1n) is 5.25. The fourth-order valence-corrected chi connectivity index (χ4v) is 2.35. The van der Waals surface area contributed by atoms with Crippen molar-refractivity contribution in [1.29, 1.82) is 0 Å². The molecule has 94 valence electrons. The zero-order valence-corrected chi connectivity index (χ0v) is 12.5. The van der Waals surface area contributed by atoms with Gasteiger partial charge in [0.25, 0.3) is 0 Å². The second-order valence-corrected chi connectivity index (χ2v) is 5.51. The van der Waals surface area contributed by atoms with Crippen LogP contribution in [0.4, 0.5) is 21.5 Å². The SMILES string of the molecule is Cc1cc(N)c(Cl)cc1Nc1ccc(F)cc1I. The zero-order chi connectivity index (χ0) is 13.3. The van der Waals surface area contributed by atoms with E-state index in [1.54, 1.807) is 18.2 Å². The van der Waals surface area contributed by atoms with Crippen LogP contribution in [0.5, 0.6) is 0 Å². The minimum atomic E-state index is -0.253. The van der Waals surface area contributed by atoms with Crippen LogP contribution in [-0.2, 0) is 0 Å². The van der Waals surface area contributed by atoms with E-state index in [9.17, 15) is 4.39 Å². The Morgan fingerprint density at radius 2 is 1.94 bits per heavy atom. The second kappa shape index (κ2) is 5.32. The quantitative estimate of drug-likeness (QED) is 0.588. The molecular weight excluding hydrogens is 366 g/mol. The summed E-state index contributed by atoms with van der Waals surface area (Å²) in [6.45, 7) is 1.94. The van der Waals surface area contributed by atoms with Crippen molar-refractivity contribution in [2.75, 3.05) is 11.1 Å². The Morgan fingerprint density at radius 1 is 1.22 bits per heavy atom. The molecule has 0 bridgehead atoms. The average molecular weight is 377 g/mol. The number of hydrogen-bond donors (Lipinski definition) is 2. The van der Waals surface area contributed by atoms with Crippen LogP contribution >= 0.6 is 34.2 Å². The van der Waals surface area contributed by atoms with Crippen LogP contribution in [0.15, 0.2) is 30.3 Å². The summed E-state index contributed by atoms with van der Waals surface area (Å²) in [5.74, 6) is -0.253. The van der Waals surface area contributed by atoms with Crippen LogP contribution in [0.1, 0.15) is 5.56 Å². The molecule has 0 fully saturated rings. The van der Waals surface area contributed by atoms with Gasteiger partial charge in [0.1, 0.15) is 5.82 Å². The van der Waals surface area contributed by atoms with Crippen molar-refractivity contribution in [3.05, 3.63) is 50.3 Å². The van der Waals surface area contributed by atoms with E-state index in [-0.39, 0.29) is 5.82 Å². The molecule has 0 atom stereocenters. The van der Waals surface area contributed by atoms with E-state index in [4.69, 9.17) is 17.3 Å². The molecule has 0 aromatic heterocycles. The van der Waals surface area contributed by atoms with Gasteiger partial charge in [-0.05, 0) is 65.4 Å². The van der Waals surface area contributed by atoms with E-state index in [1.807, 2.05) is 6.92 Å². The van der Waals surface area contributed by atoms with Gasteiger partial charge in [-0.1, -0.05) is 11.6 Å². The van der Waals surface area contributed by atoms with Gasteiger partial charge >= 0.3 is 0 Å². The lowest BCUT2D eigenvalue weighted by atomic mass is 10.1. The molecule has 0 heterocycles. The second-order valence-electron chi connectivity index (χ2n) is 3.94. The molecule has 0 radical (unpaired) electrons. The molecule has 5 heteroatoms. The molecule has 0 aliphatic heterocycles. The highest BCUT2D eigenvalue weighted by atomic mass is 127. The van der Waals surface area contributed by atoms with Crippen molar-refractivity contribution in [3.8, 4) is 0 Å². The number of halogens is 3. The number of benzene rings is 2. The molecule has 2 aromatic carbocycles. The third-order valence-electron chi connectivity index (χ3n) is 2.54. The minimum absolute atomic E-state index is 0.253. The largest absolute Gasteiger partial charge is 0.398 e. The normalized spacial score (nSPS) is 10.4. The van der Waals surface area contributed by atoms with Gasteiger partial charge in [0, 0.05) is 9.26 Å². The van der Waals surface area contributed by atoms with Crippen LogP contribution in [0, 0.1) is 16.3 Å². The first-order valence-corrected chi connectivity index (χ1v) is 6.71. The lowest BCUT2D eigenvalue weighted by Crippen LogP contribution is -1.97. The standard InChI is InChI=1S/C13H11ClFIN2/c1-7-4-11(17)9(14)6-13(7)18-12-3-2-8(15)5-10(12)16/h2-6,18H,17H2,1H3. The summed E-state index contributed by atoms with van der Waals surface area (Å²) in [4.78, 5) is 0. The predicted octanol–water partition coefficient (Wildman–Crippen LogP) is 4.72. The van der Waals surface area contributed by atoms with Gasteiger partial charge in [-0.2, -0.15) is 0 Å². The number of hydrogen-bond acceptors (Lipinski definition) is 2. The lowest BCUT2D eigenvalue weighted by molar-refractivity contribution is 0.627. The number of nitrogens with one attached hydrogen (secondary N) is 1. The van der Waals surface area contributed by atoms with Crippen molar-refractivity contribution in [1.82, 2.24) is 0 Å². The minimum Gasteiger partial charge on any atom is -0.398 e. The van der Waals surface area contributed by atoms with Crippen LogP contribution < -0.4 is 11.1 Å². The highest BCUT2D eigenvalue weighted by molar-refractivity contribution is 14.1. The summed E-state index contributed by atoms with van der Waals surface area (Å²) < 4.78 is 13.8. The summed E-state index contributed by atoms with van der Waals surface area (Å²) in [6.07, 6.45) is 0. The summed E-state index contributed by atoms with van der Waals surface area (Å²) in [5.41, 5.74) is 8.95. The van der Waals surface area contributed by atoms with Crippen molar-refractivity contribution >= 4 is 51.3 Å². The molecule has 18 heavy (non-hydrogen) atoms. The van der Waals surface area contributed by atoms with Gasteiger partial charge in [0.2, 0.25) is 0 Å². The summed E-state index contributed by atoms with van der Waals surface area (Å²) >= 11 is 8.07. The van der Waals surface area contributed by atoms with Gasteiger partial charge in [0.05, 0.1) is 16.4 Å². The van der Waals surface area contributed by atoms with E-state index in [0.717, 1.165) is 20.5 Å². The number of nitrogens with two attached hydrogens (primary N) is 1. The molecule has 0 amide bonds. The predicted molar refractivity (Wildman–Crippen MR) is 83.0 cm³/mol. The van der Waals surface area contributed by atoms with E-state index in [1.165, 1.54) is 12.1 Å². The molecule has 0 aliphatic carbocycles. The maximum atomic E-state index is 13.0. The highest BCUT2D eigenvalue weighted by Crippen LogP contribution is 2.30. The van der Waals surface area contributed by atoms with Gasteiger partial charge in [-0.15, -0.1) is 0 Å². The summed E-state index contributed by atoms with van der Waals surface area (Å²) in [5, 5.41) is 3.72. The van der Waals surface area contributed by atoms with Crippen LogP contribution in [0.25, 0.3) is 0 Å². The fourth-order valence-electron chi connectivity index (χ4n) is 1.57. The van der Waals surface area contributed by atoms with E-state index >= 15 is 0 Å². The average Bonchev–Trinajstić information content (AvgIpc) is 2.29. The Bertz CT molecular complexity index is 602. The maximum absolute atomic E-state index is 13.0. The number of rotatable bonds is 2. The van der Waals surface area contributed by atoms with Crippen molar-refractivity contribution in [2.45, 2.75) is 6.92 Å². The third-order valence-corrected chi connectivity index (χ3v) is 3.76. The van der Waals surface area contributed by atoms with Crippen LogP contribution in [0.3, 0.4) is 0 Å². The molecular formula is C13H11ClFIN2. The van der Waals surface area contributed by atoms with Gasteiger partial charge in [0.15, 0.2) is 0 Å². The Morgan fingerprint density at radius 3 is 2.61 bits per heavy atom. The zero-order valence-electron chi connectivity index (χ0n) is 9.60. The van der Waals surface area contributed by atoms with Crippen molar-refractivity contribution < 1.29 is 4.39 Å². The molecule has 0 saturated heterocycles. The molecule has 0 unspecified atom stereocenters. The lowest BCUT2D eigenvalue weighted by Gasteiger charge is -2.13. The molecule has 3 N–H and O–H groups in total. The van der Waals surface area contributed by atoms with Crippen LogP contribution in [0.2, 0.25) is 5.02 Å². The Kier molecular flexibility index (Phi) is 3.97. The van der Waals surface area contributed by atoms with Crippen LogP contribution in [-0.4, -0.2) is 0 Å². The Labute approximate surface area is 123 Å². The number of aryl methyl sites for hydroxylation is 1. The van der Waals surface area contributed by atoms with E-state index in [0.29, 0.717) is 10.7 Å². The maximum Gasteiger partial charge on any atom is 0.124 e. The molecule has 2 rings (SSSR count). The molecule has 0 aliphatic rings. The third kappa shape index (κ3) is 2.87. The first kappa shape index (κ1) is 13.4. The monoisotopic (exact) mass is 376 g/mol. The van der Waals surface area contributed by atoms with Gasteiger partial charge < -0.3 is 11.1 Å². The van der Waals surface area contributed by atoms with E-state index < -0.39 is 0 Å². The topological polar surface area (TPSA) is 38.0 Å². The Hall–Kier alpha value is -1.01. The summed E-state index contributed by atoms with van der Waals surface area (Å²) in [7, 11) is 0. The molecule has 2 aromatic rings. The molecule has 0 spiro atoms. The van der Waals surface area contributed by atoms with Crippen molar-refractivity contribution in [3.63, 3.8) is 0 Å². The van der Waals surface area contributed by atoms with E-state index in [2.05, 4.69) is 27.9 Å². The van der Waals surface area contributed by atoms with Gasteiger partial charge in [-0.3, -0.25) is 0 Å². The Balaban J connectivity index is 2.37.